The van der Waals surface area contributed by atoms with Crippen LogP contribution in [-0.4, -0.2) is 24.6 Å². The number of ether oxygens (including phenoxy) is 1. The first-order valence-electron chi connectivity index (χ1n) is 5.95. The molecule has 1 heterocycles. The van der Waals surface area contributed by atoms with Crippen LogP contribution in [0, 0.1) is 0 Å². The molecule has 17 heavy (non-hydrogen) atoms. The molecule has 1 aliphatic heterocycles. The third kappa shape index (κ3) is 3.54. The molecule has 0 radical (unpaired) electrons. The molecule has 1 fully saturated rings. The standard InChI is InChI=1S/C13H18N2O2/c14-11-6-7-12(15-8-11)13(16)17-9-10-4-2-1-3-5-10/h1-5,11-12,15H,6-9,14H2. The molecule has 3 N–H and O–H groups in total. The van der Waals surface area contributed by atoms with Gasteiger partial charge < -0.3 is 15.8 Å². The van der Waals surface area contributed by atoms with Crippen molar-refractivity contribution in [3.05, 3.63) is 35.9 Å². The largest absolute Gasteiger partial charge is 0.460 e. The van der Waals surface area contributed by atoms with Gasteiger partial charge in [0, 0.05) is 12.6 Å². The molecule has 0 aromatic heterocycles. The smallest absolute Gasteiger partial charge is 0.323 e. The highest BCUT2D eigenvalue weighted by atomic mass is 16.5. The van der Waals surface area contributed by atoms with E-state index < -0.39 is 0 Å². The van der Waals surface area contributed by atoms with Gasteiger partial charge in [0.25, 0.3) is 0 Å². The van der Waals surface area contributed by atoms with Gasteiger partial charge in [-0.3, -0.25) is 4.79 Å². The Morgan fingerprint density at radius 1 is 1.35 bits per heavy atom. The summed E-state index contributed by atoms with van der Waals surface area (Å²) >= 11 is 0. The van der Waals surface area contributed by atoms with Gasteiger partial charge in [-0.2, -0.15) is 0 Å². The lowest BCUT2D eigenvalue weighted by molar-refractivity contribution is -0.148. The second kappa shape index (κ2) is 5.80. The second-order valence-corrected chi connectivity index (χ2v) is 4.39. The molecule has 2 unspecified atom stereocenters. The zero-order valence-electron chi connectivity index (χ0n) is 9.76. The SMILES string of the molecule is NC1CCC(C(=O)OCc2ccccc2)NC1. The van der Waals surface area contributed by atoms with Crippen LogP contribution in [0.25, 0.3) is 0 Å². The van der Waals surface area contributed by atoms with Crippen LogP contribution in [-0.2, 0) is 16.1 Å². The van der Waals surface area contributed by atoms with E-state index in [1.807, 2.05) is 30.3 Å². The van der Waals surface area contributed by atoms with Gasteiger partial charge in [-0.25, -0.2) is 0 Å². The van der Waals surface area contributed by atoms with Crippen molar-refractivity contribution in [3.63, 3.8) is 0 Å². The van der Waals surface area contributed by atoms with Crippen LogP contribution < -0.4 is 11.1 Å². The first-order chi connectivity index (χ1) is 8.25. The molecular weight excluding hydrogens is 216 g/mol. The number of benzene rings is 1. The van der Waals surface area contributed by atoms with E-state index in [-0.39, 0.29) is 18.1 Å². The highest BCUT2D eigenvalue weighted by Gasteiger charge is 2.24. The Morgan fingerprint density at radius 3 is 2.76 bits per heavy atom. The molecule has 4 heteroatoms. The van der Waals surface area contributed by atoms with Gasteiger partial charge in [0.2, 0.25) is 0 Å². The number of carbonyl (C=O) groups excluding carboxylic acids is 1. The molecule has 0 saturated carbocycles. The molecule has 0 spiro atoms. The molecule has 1 saturated heterocycles. The van der Waals surface area contributed by atoms with Gasteiger partial charge in [0.15, 0.2) is 0 Å². The average molecular weight is 234 g/mol. The van der Waals surface area contributed by atoms with Gasteiger partial charge in [-0.1, -0.05) is 30.3 Å². The lowest BCUT2D eigenvalue weighted by Crippen LogP contribution is -2.49. The molecule has 1 aromatic carbocycles. The van der Waals surface area contributed by atoms with Crippen LogP contribution in [0.3, 0.4) is 0 Å². The zero-order valence-corrected chi connectivity index (χ0v) is 9.76. The van der Waals surface area contributed by atoms with Crippen LogP contribution >= 0.6 is 0 Å². The fourth-order valence-electron chi connectivity index (χ4n) is 1.91. The first kappa shape index (κ1) is 12.1. The molecule has 1 aliphatic rings. The Kier molecular flexibility index (Phi) is 4.12. The highest BCUT2D eigenvalue weighted by Crippen LogP contribution is 2.09. The summed E-state index contributed by atoms with van der Waals surface area (Å²) < 4.78 is 5.26. The number of nitrogens with one attached hydrogen (secondary N) is 1. The van der Waals surface area contributed by atoms with E-state index >= 15 is 0 Å². The fourth-order valence-corrected chi connectivity index (χ4v) is 1.91. The fraction of sp³-hybridized carbons (Fsp3) is 0.462. The van der Waals surface area contributed by atoms with E-state index in [0.717, 1.165) is 18.4 Å². The summed E-state index contributed by atoms with van der Waals surface area (Å²) in [5.41, 5.74) is 6.76. The van der Waals surface area contributed by atoms with Gasteiger partial charge in [0.05, 0.1) is 0 Å². The average Bonchev–Trinajstić information content (AvgIpc) is 2.38. The maximum Gasteiger partial charge on any atom is 0.323 e. The van der Waals surface area contributed by atoms with Crippen LogP contribution in [0.1, 0.15) is 18.4 Å². The van der Waals surface area contributed by atoms with Crippen LogP contribution in [0.4, 0.5) is 0 Å². The topological polar surface area (TPSA) is 64.4 Å². The van der Waals surface area contributed by atoms with Gasteiger partial charge in [0.1, 0.15) is 12.6 Å². The quantitative estimate of drug-likeness (QED) is 0.760. The van der Waals surface area contributed by atoms with E-state index in [4.69, 9.17) is 10.5 Å². The highest BCUT2D eigenvalue weighted by molar-refractivity contribution is 5.75. The zero-order chi connectivity index (χ0) is 12.1. The summed E-state index contributed by atoms with van der Waals surface area (Å²) in [4.78, 5) is 11.8. The lowest BCUT2D eigenvalue weighted by Gasteiger charge is -2.26. The van der Waals surface area contributed by atoms with E-state index in [1.165, 1.54) is 0 Å². The van der Waals surface area contributed by atoms with Crippen molar-refractivity contribution in [2.75, 3.05) is 6.54 Å². The number of rotatable bonds is 3. The Morgan fingerprint density at radius 2 is 2.12 bits per heavy atom. The number of piperidine rings is 1. The minimum Gasteiger partial charge on any atom is -0.460 e. The lowest BCUT2D eigenvalue weighted by atomic mass is 10.0. The van der Waals surface area contributed by atoms with E-state index in [1.54, 1.807) is 0 Å². The Balaban J connectivity index is 1.78. The Bertz CT molecular complexity index is 359. The molecule has 92 valence electrons. The van der Waals surface area contributed by atoms with Crippen molar-refractivity contribution in [3.8, 4) is 0 Å². The van der Waals surface area contributed by atoms with Crippen molar-refractivity contribution in [1.82, 2.24) is 5.32 Å². The Labute approximate surface area is 101 Å². The molecule has 0 bridgehead atoms. The molecule has 2 atom stereocenters. The first-order valence-corrected chi connectivity index (χ1v) is 5.95. The van der Waals surface area contributed by atoms with Crippen molar-refractivity contribution < 1.29 is 9.53 Å². The van der Waals surface area contributed by atoms with Crippen molar-refractivity contribution in [2.24, 2.45) is 5.73 Å². The predicted molar refractivity (Wildman–Crippen MR) is 65.2 cm³/mol. The van der Waals surface area contributed by atoms with Gasteiger partial charge >= 0.3 is 5.97 Å². The maximum absolute atomic E-state index is 11.8. The summed E-state index contributed by atoms with van der Waals surface area (Å²) in [5.74, 6) is -0.180. The van der Waals surface area contributed by atoms with Crippen LogP contribution in [0.2, 0.25) is 0 Å². The third-order valence-corrected chi connectivity index (χ3v) is 2.96. The molecular formula is C13H18N2O2. The van der Waals surface area contributed by atoms with E-state index in [2.05, 4.69) is 5.32 Å². The number of hydrogen-bond acceptors (Lipinski definition) is 4. The summed E-state index contributed by atoms with van der Waals surface area (Å²) in [6.45, 7) is 1.02. The molecule has 4 nitrogen and oxygen atoms in total. The van der Waals surface area contributed by atoms with Gasteiger partial charge in [-0.15, -0.1) is 0 Å². The Hall–Kier alpha value is -1.39. The summed E-state index contributed by atoms with van der Waals surface area (Å²) in [7, 11) is 0. The van der Waals surface area contributed by atoms with Crippen LogP contribution in [0.15, 0.2) is 30.3 Å². The number of hydrogen-bond donors (Lipinski definition) is 2. The number of carbonyl (C=O) groups is 1. The number of esters is 1. The maximum atomic E-state index is 11.8. The normalized spacial score (nSPS) is 24.3. The predicted octanol–water partition coefficient (Wildman–Crippen LogP) is 0.809. The molecule has 0 aliphatic carbocycles. The second-order valence-electron chi connectivity index (χ2n) is 4.39. The summed E-state index contributed by atoms with van der Waals surface area (Å²) in [5, 5.41) is 3.11. The van der Waals surface area contributed by atoms with E-state index in [9.17, 15) is 4.79 Å². The minimum absolute atomic E-state index is 0.160. The van der Waals surface area contributed by atoms with Crippen molar-refractivity contribution in [2.45, 2.75) is 31.5 Å². The molecule has 2 rings (SSSR count). The van der Waals surface area contributed by atoms with Crippen molar-refractivity contribution in [1.29, 1.82) is 0 Å². The third-order valence-electron chi connectivity index (χ3n) is 2.96. The van der Waals surface area contributed by atoms with Gasteiger partial charge in [-0.05, 0) is 18.4 Å². The summed E-state index contributed by atoms with van der Waals surface area (Å²) in [6.07, 6.45) is 1.63. The van der Waals surface area contributed by atoms with Crippen LogP contribution in [0.5, 0.6) is 0 Å². The van der Waals surface area contributed by atoms with E-state index in [0.29, 0.717) is 13.2 Å². The molecule has 1 aromatic rings. The molecule has 0 amide bonds. The number of nitrogens with two attached hydrogens (primary N) is 1. The minimum atomic E-state index is -0.196. The monoisotopic (exact) mass is 234 g/mol. The summed E-state index contributed by atoms with van der Waals surface area (Å²) in [6, 6.07) is 9.65. The van der Waals surface area contributed by atoms with Crippen molar-refractivity contribution >= 4 is 5.97 Å².